The van der Waals surface area contributed by atoms with Crippen molar-refractivity contribution in [3.05, 3.63) is 23.8 Å². The maximum atomic E-state index is 12.5. The van der Waals surface area contributed by atoms with Gasteiger partial charge in [0.05, 0.1) is 17.1 Å². The van der Waals surface area contributed by atoms with E-state index < -0.39 is 35.7 Å². The second kappa shape index (κ2) is 6.85. The molecule has 0 radical (unpaired) electrons. The summed E-state index contributed by atoms with van der Waals surface area (Å²) in [6.07, 6.45) is 1.36. The first kappa shape index (κ1) is 18.3. The van der Waals surface area contributed by atoms with Crippen LogP contribution in [-0.4, -0.2) is 23.9 Å². The van der Waals surface area contributed by atoms with Gasteiger partial charge in [0.15, 0.2) is 11.5 Å². The van der Waals surface area contributed by atoms with Crippen molar-refractivity contribution >= 4 is 0 Å². The Balaban J connectivity index is 2.37. The number of hydrogen-bond donors (Lipinski definition) is 1. The molecule has 1 fully saturated rings. The van der Waals surface area contributed by atoms with Gasteiger partial charge in [-0.05, 0) is 50.3 Å². The number of nitrogens with zero attached hydrogens (tertiary/aromatic N) is 1. The molecule has 1 aromatic carbocycles. The van der Waals surface area contributed by atoms with E-state index in [4.69, 9.17) is 0 Å². The summed E-state index contributed by atoms with van der Waals surface area (Å²) in [6, 6.07) is 5.78. The highest BCUT2D eigenvalue weighted by molar-refractivity contribution is 5.47. The Hall–Kier alpha value is -2.01. The van der Waals surface area contributed by atoms with Crippen molar-refractivity contribution in [3.63, 3.8) is 0 Å². The molecule has 0 heterocycles. The van der Waals surface area contributed by atoms with E-state index in [9.17, 15) is 27.9 Å². The lowest BCUT2D eigenvalue weighted by molar-refractivity contribution is -0.0693. The average molecular weight is 347 g/mol. The van der Waals surface area contributed by atoms with Crippen LogP contribution >= 0.6 is 0 Å². The summed E-state index contributed by atoms with van der Waals surface area (Å²) >= 11 is 0. The minimum atomic E-state index is -3.22. The Bertz CT molecular complexity index is 618. The maximum Gasteiger partial charge on any atom is 0.387 e. The zero-order valence-corrected chi connectivity index (χ0v) is 12.9. The first-order valence-corrected chi connectivity index (χ1v) is 7.35. The summed E-state index contributed by atoms with van der Waals surface area (Å²) in [7, 11) is 0. The van der Waals surface area contributed by atoms with Crippen molar-refractivity contribution in [3.8, 4) is 17.6 Å². The van der Waals surface area contributed by atoms with Gasteiger partial charge in [-0.3, -0.25) is 0 Å². The Morgan fingerprint density at radius 2 is 1.58 bits per heavy atom. The monoisotopic (exact) mass is 347 g/mol. The highest BCUT2D eigenvalue weighted by Crippen LogP contribution is 2.45. The molecule has 0 bridgehead atoms. The molecule has 8 heteroatoms. The molecule has 24 heavy (non-hydrogen) atoms. The summed E-state index contributed by atoms with van der Waals surface area (Å²) in [4.78, 5) is 0. The number of hydrogen-bond acceptors (Lipinski definition) is 4. The first-order chi connectivity index (χ1) is 11.2. The molecule has 2 rings (SSSR count). The van der Waals surface area contributed by atoms with Crippen LogP contribution in [0.2, 0.25) is 0 Å². The quantitative estimate of drug-likeness (QED) is 0.819. The fraction of sp³-hybridized carbons (Fsp3) is 0.562. The Labute approximate surface area is 136 Å². The molecule has 1 aliphatic carbocycles. The van der Waals surface area contributed by atoms with Gasteiger partial charge in [-0.2, -0.15) is 22.8 Å². The largest absolute Gasteiger partial charge is 0.431 e. The Kier molecular flexibility index (Phi) is 5.23. The predicted octanol–water partition coefficient (Wildman–Crippen LogP) is 3.98. The van der Waals surface area contributed by atoms with Crippen molar-refractivity contribution in [2.24, 2.45) is 0 Å². The molecule has 1 saturated carbocycles. The zero-order valence-electron chi connectivity index (χ0n) is 12.9. The number of ether oxygens (including phenoxy) is 2. The molecule has 0 spiro atoms. The van der Waals surface area contributed by atoms with Gasteiger partial charge in [0.2, 0.25) is 0 Å². The number of aliphatic hydroxyl groups is 1. The summed E-state index contributed by atoms with van der Waals surface area (Å²) in [5, 5.41) is 19.6. The minimum Gasteiger partial charge on any atom is -0.431 e. The van der Waals surface area contributed by atoms with E-state index in [2.05, 4.69) is 15.5 Å². The lowest BCUT2D eigenvalue weighted by Gasteiger charge is -2.38. The normalized spacial score (nSPS) is 27.1. The van der Waals surface area contributed by atoms with Gasteiger partial charge in [-0.15, -0.1) is 0 Å². The Morgan fingerprint density at radius 3 is 2.08 bits per heavy atom. The third-order valence-corrected chi connectivity index (χ3v) is 4.32. The smallest absolute Gasteiger partial charge is 0.387 e. The number of halogens is 4. The van der Waals surface area contributed by atoms with Gasteiger partial charge in [0.1, 0.15) is 0 Å². The van der Waals surface area contributed by atoms with Gasteiger partial charge >= 0.3 is 13.2 Å². The van der Waals surface area contributed by atoms with Crippen LogP contribution in [-0.2, 0) is 5.41 Å². The lowest BCUT2D eigenvalue weighted by Crippen LogP contribution is -2.38. The molecule has 0 saturated heterocycles. The molecule has 0 aliphatic heterocycles. The van der Waals surface area contributed by atoms with Gasteiger partial charge in [0.25, 0.3) is 0 Å². The minimum absolute atomic E-state index is 0.319. The van der Waals surface area contributed by atoms with E-state index in [1.165, 1.54) is 6.07 Å². The second-order valence-electron chi connectivity index (χ2n) is 6.11. The van der Waals surface area contributed by atoms with E-state index in [1.807, 2.05) is 0 Å². The predicted molar refractivity (Wildman–Crippen MR) is 76.1 cm³/mol. The first-order valence-electron chi connectivity index (χ1n) is 7.35. The van der Waals surface area contributed by atoms with Crippen LogP contribution in [0.3, 0.4) is 0 Å². The van der Waals surface area contributed by atoms with E-state index in [1.54, 1.807) is 6.92 Å². The number of benzene rings is 1. The zero-order chi connectivity index (χ0) is 18.0. The van der Waals surface area contributed by atoms with E-state index in [-0.39, 0.29) is 0 Å². The van der Waals surface area contributed by atoms with E-state index in [0.29, 0.717) is 31.2 Å². The molecule has 1 N–H and O–H groups in total. The van der Waals surface area contributed by atoms with E-state index >= 15 is 0 Å². The van der Waals surface area contributed by atoms with Crippen LogP contribution in [0.1, 0.15) is 38.2 Å². The number of nitriles is 1. The molecule has 0 unspecified atom stereocenters. The van der Waals surface area contributed by atoms with Crippen molar-refractivity contribution in [1.29, 1.82) is 5.26 Å². The SMILES string of the molecule is CC1(O)CCC(C#N)(c2ccc(OC(F)F)c(OC(F)F)c2)CC1. The van der Waals surface area contributed by atoms with Crippen molar-refractivity contribution < 1.29 is 32.1 Å². The van der Waals surface area contributed by atoms with Crippen molar-refractivity contribution in [2.75, 3.05) is 0 Å². The second-order valence-corrected chi connectivity index (χ2v) is 6.11. The highest BCUT2D eigenvalue weighted by Gasteiger charge is 2.41. The van der Waals surface area contributed by atoms with Gasteiger partial charge in [-0.1, -0.05) is 6.07 Å². The van der Waals surface area contributed by atoms with Crippen LogP contribution in [0.5, 0.6) is 11.5 Å². The third-order valence-electron chi connectivity index (χ3n) is 4.32. The van der Waals surface area contributed by atoms with Gasteiger partial charge < -0.3 is 14.6 Å². The molecule has 0 aromatic heterocycles. The molecular formula is C16H17F4NO3. The molecule has 0 atom stereocenters. The fourth-order valence-corrected chi connectivity index (χ4v) is 2.87. The maximum absolute atomic E-state index is 12.5. The average Bonchev–Trinajstić information content (AvgIpc) is 2.49. The highest BCUT2D eigenvalue weighted by atomic mass is 19.3. The molecule has 4 nitrogen and oxygen atoms in total. The number of rotatable bonds is 5. The molecule has 0 amide bonds. The van der Waals surface area contributed by atoms with Crippen LogP contribution in [0, 0.1) is 11.3 Å². The summed E-state index contributed by atoms with van der Waals surface area (Å²) in [5.74, 6) is -1.07. The fourth-order valence-electron chi connectivity index (χ4n) is 2.87. The molecule has 132 valence electrons. The van der Waals surface area contributed by atoms with Gasteiger partial charge in [-0.25, -0.2) is 0 Å². The Morgan fingerprint density at radius 1 is 1.04 bits per heavy atom. The summed E-state index contributed by atoms with van der Waals surface area (Å²) < 4.78 is 58.2. The number of alkyl halides is 4. The molecule has 1 aliphatic rings. The standard InChI is InChI=1S/C16H17F4NO3/c1-15(22)4-6-16(9-21,7-5-15)10-2-3-11(23-13(17)18)12(8-10)24-14(19)20/h2-3,8,13-14,22H,4-7H2,1H3. The molecular weight excluding hydrogens is 330 g/mol. The van der Waals surface area contributed by atoms with Crippen LogP contribution in [0.15, 0.2) is 18.2 Å². The summed E-state index contributed by atoms with van der Waals surface area (Å²) in [5.41, 5.74) is -1.51. The van der Waals surface area contributed by atoms with Gasteiger partial charge in [0, 0.05) is 0 Å². The van der Waals surface area contributed by atoms with Crippen molar-refractivity contribution in [2.45, 2.75) is 56.8 Å². The third kappa shape index (κ3) is 4.09. The van der Waals surface area contributed by atoms with E-state index in [0.717, 1.165) is 12.1 Å². The van der Waals surface area contributed by atoms with Crippen molar-refractivity contribution in [1.82, 2.24) is 0 Å². The lowest BCUT2D eigenvalue weighted by atomic mass is 9.66. The van der Waals surface area contributed by atoms with Crippen LogP contribution in [0.4, 0.5) is 17.6 Å². The topological polar surface area (TPSA) is 62.5 Å². The van der Waals surface area contributed by atoms with Crippen LogP contribution in [0.25, 0.3) is 0 Å². The summed E-state index contributed by atoms with van der Waals surface area (Å²) in [6.45, 7) is -4.74. The van der Waals surface area contributed by atoms with Crippen LogP contribution < -0.4 is 9.47 Å². The molecule has 1 aromatic rings.